The van der Waals surface area contributed by atoms with E-state index >= 15 is 0 Å². The van der Waals surface area contributed by atoms with E-state index in [1.807, 2.05) is 18.5 Å². The fraction of sp³-hybridized carbons (Fsp3) is 0.500. The second kappa shape index (κ2) is 5.21. The first-order valence-electron chi connectivity index (χ1n) is 8.23. The van der Waals surface area contributed by atoms with Crippen molar-refractivity contribution in [3.63, 3.8) is 0 Å². The first kappa shape index (κ1) is 12.9. The SMILES string of the molecule is Nc1c(N2CCCC2C2CCCC2)ccc2cnccc12. The number of hydrogen-bond donors (Lipinski definition) is 1. The van der Waals surface area contributed by atoms with Crippen molar-refractivity contribution in [1.82, 2.24) is 4.98 Å². The second-order valence-electron chi connectivity index (χ2n) is 6.54. The molecule has 0 amide bonds. The number of pyridine rings is 1. The first-order chi connectivity index (χ1) is 10.3. The standard InChI is InChI=1S/C18H23N3/c19-18-15-9-10-20-12-14(15)7-8-17(18)21-11-3-6-16(21)13-4-1-2-5-13/h7-10,12-13,16H,1-6,11,19H2. The summed E-state index contributed by atoms with van der Waals surface area (Å²) in [4.78, 5) is 6.78. The zero-order valence-corrected chi connectivity index (χ0v) is 12.5. The van der Waals surface area contributed by atoms with Crippen LogP contribution in [0.3, 0.4) is 0 Å². The van der Waals surface area contributed by atoms with Gasteiger partial charge in [-0.1, -0.05) is 18.9 Å². The molecule has 4 rings (SSSR count). The Bertz CT molecular complexity index is 646. The molecule has 1 aliphatic carbocycles. The molecule has 1 aromatic heterocycles. The molecule has 0 bridgehead atoms. The van der Waals surface area contributed by atoms with Crippen molar-refractivity contribution in [2.45, 2.75) is 44.6 Å². The second-order valence-corrected chi connectivity index (χ2v) is 6.54. The van der Waals surface area contributed by atoms with Crippen molar-refractivity contribution < 1.29 is 0 Å². The maximum atomic E-state index is 6.49. The van der Waals surface area contributed by atoms with Crippen LogP contribution in [-0.2, 0) is 0 Å². The maximum Gasteiger partial charge on any atom is 0.0632 e. The van der Waals surface area contributed by atoms with Crippen molar-refractivity contribution in [2.75, 3.05) is 17.2 Å². The summed E-state index contributed by atoms with van der Waals surface area (Å²) in [7, 11) is 0. The molecule has 2 aliphatic rings. The monoisotopic (exact) mass is 281 g/mol. The Hall–Kier alpha value is -1.77. The fourth-order valence-electron chi connectivity index (χ4n) is 4.36. The molecule has 110 valence electrons. The van der Waals surface area contributed by atoms with Gasteiger partial charge >= 0.3 is 0 Å². The van der Waals surface area contributed by atoms with E-state index in [1.54, 1.807) is 0 Å². The van der Waals surface area contributed by atoms with E-state index < -0.39 is 0 Å². The van der Waals surface area contributed by atoms with E-state index in [0.29, 0.717) is 6.04 Å². The Morgan fingerprint density at radius 2 is 1.90 bits per heavy atom. The molecule has 1 aromatic carbocycles. The number of anilines is 2. The third kappa shape index (κ3) is 2.15. The Balaban J connectivity index is 1.73. The van der Waals surface area contributed by atoms with Gasteiger partial charge in [-0.05, 0) is 43.7 Å². The van der Waals surface area contributed by atoms with Crippen LogP contribution in [0.25, 0.3) is 10.8 Å². The van der Waals surface area contributed by atoms with E-state index in [-0.39, 0.29) is 0 Å². The van der Waals surface area contributed by atoms with E-state index in [9.17, 15) is 0 Å². The van der Waals surface area contributed by atoms with Gasteiger partial charge in [-0.3, -0.25) is 4.98 Å². The summed E-state index contributed by atoms with van der Waals surface area (Å²) in [6.07, 6.45) is 12.0. The van der Waals surface area contributed by atoms with Gasteiger partial charge in [-0.25, -0.2) is 0 Å². The van der Waals surface area contributed by atoms with Gasteiger partial charge < -0.3 is 10.6 Å². The van der Waals surface area contributed by atoms with E-state index in [4.69, 9.17) is 5.73 Å². The molecule has 1 atom stereocenters. The van der Waals surface area contributed by atoms with Crippen LogP contribution in [0.2, 0.25) is 0 Å². The van der Waals surface area contributed by atoms with Gasteiger partial charge in [0, 0.05) is 35.8 Å². The lowest BCUT2D eigenvalue weighted by molar-refractivity contribution is 0.431. The third-order valence-corrected chi connectivity index (χ3v) is 5.39. The smallest absolute Gasteiger partial charge is 0.0632 e. The lowest BCUT2D eigenvalue weighted by atomic mass is 9.95. The molecule has 3 heteroatoms. The molecule has 1 unspecified atom stereocenters. The largest absolute Gasteiger partial charge is 0.397 e. The zero-order valence-electron chi connectivity index (χ0n) is 12.5. The molecule has 2 fully saturated rings. The van der Waals surface area contributed by atoms with E-state index in [2.05, 4.69) is 22.0 Å². The topological polar surface area (TPSA) is 42.1 Å². The molecular weight excluding hydrogens is 258 g/mol. The lowest BCUT2D eigenvalue weighted by Gasteiger charge is -2.32. The fourth-order valence-corrected chi connectivity index (χ4v) is 4.36. The van der Waals surface area contributed by atoms with Gasteiger partial charge in [-0.15, -0.1) is 0 Å². The molecule has 0 radical (unpaired) electrons. The van der Waals surface area contributed by atoms with Crippen LogP contribution in [0.1, 0.15) is 38.5 Å². The number of nitrogen functional groups attached to an aromatic ring is 1. The summed E-state index contributed by atoms with van der Waals surface area (Å²) >= 11 is 0. The number of fused-ring (bicyclic) bond motifs is 1. The number of rotatable bonds is 2. The van der Waals surface area contributed by atoms with Crippen molar-refractivity contribution in [3.8, 4) is 0 Å². The minimum Gasteiger partial charge on any atom is -0.397 e. The highest BCUT2D eigenvalue weighted by molar-refractivity contribution is 5.98. The van der Waals surface area contributed by atoms with Gasteiger partial charge in [0.05, 0.1) is 11.4 Å². The van der Waals surface area contributed by atoms with Gasteiger partial charge in [0.1, 0.15) is 0 Å². The van der Waals surface area contributed by atoms with Crippen molar-refractivity contribution in [2.24, 2.45) is 5.92 Å². The Labute approximate surface area is 126 Å². The third-order valence-electron chi connectivity index (χ3n) is 5.39. The Morgan fingerprint density at radius 1 is 1.05 bits per heavy atom. The number of benzene rings is 1. The van der Waals surface area contributed by atoms with Crippen LogP contribution in [0, 0.1) is 5.92 Å². The average molecular weight is 281 g/mol. The summed E-state index contributed by atoms with van der Waals surface area (Å²) in [5.74, 6) is 0.875. The highest BCUT2D eigenvalue weighted by Crippen LogP contribution is 2.41. The predicted octanol–water partition coefficient (Wildman–Crippen LogP) is 3.98. The van der Waals surface area contributed by atoms with E-state index in [0.717, 1.165) is 28.9 Å². The van der Waals surface area contributed by atoms with Crippen LogP contribution in [0.15, 0.2) is 30.6 Å². The summed E-state index contributed by atoms with van der Waals surface area (Å²) in [5.41, 5.74) is 8.66. The molecule has 2 aromatic rings. The van der Waals surface area contributed by atoms with Gasteiger partial charge in [0.25, 0.3) is 0 Å². The Kier molecular flexibility index (Phi) is 3.21. The highest BCUT2D eigenvalue weighted by Gasteiger charge is 2.34. The predicted molar refractivity (Wildman–Crippen MR) is 88.5 cm³/mol. The van der Waals surface area contributed by atoms with Gasteiger partial charge in [-0.2, -0.15) is 0 Å². The summed E-state index contributed by atoms with van der Waals surface area (Å²) in [6.45, 7) is 1.15. The highest BCUT2D eigenvalue weighted by atomic mass is 15.2. The average Bonchev–Trinajstić information content (AvgIpc) is 3.18. The molecule has 21 heavy (non-hydrogen) atoms. The number of nitrogens with two attached hydrogens (primary N) is 1. The van der Waals surface area contributed by atoms with Crippen LogP contribution in [0.4, 0.5) is 11.4 Å². The maximum absolute atomic E-state index is 6.49. The molecule has 2 heterocycles. The molecule has 0 spiro atoms. The van der Waals surface area contributed by atoms with Crippen LogP contribution in [-0.4, -0.2) is 17.6 Å². The quantitative estimate of drug-likeness (QED) is 0.847. The summed E-state index contributed by atoms with van der Waals surface area (Å²) in [5, 5.41) is 2.27. The van der Waals surface area contributed by atoms with E-state index in [1.165, 1.54) is 44.2 Å². The van der Waals surface area contributed by atoms with Crippen molar-refractivity contribution >= 4 is 22.1 Å². The van der Waals surface area contributed by atoms with Crippen molar-refractivity contribution in [1.29, 1.82) is 0 Å². The number of aromatic nitrogens is 1. The molecular formula is C18H23N3. The lowest BCUT2D eigenvalue weighted by Crippen LogP contribution is -2.35. The zero-order chi connectivity index (χ0) is 14.2. The van der Waals surface area contributed by atoms with Gasteiger partial charge in [0.15, 0.2) is 0 Å². The molecule has 3 nitrogen and oxygen atoms in total. The molecule has 1 saturated carbocycles. The Morgan fingerprint density at radius 3 is 2.76 bits per heavy atom. The van der Waals surface area contributed by atoms with Crippen molar-refractivity contribution in [3.05, 3.63) is 30.6 Å². The number of nitrogens with zero attached hydrogens (tertiary/aromatic N) is 2. The molecule has 2 N–H and O–H groups in total. The normalized spacial score (nSPS) is 23.2. The minimum atomic E-state index is 0.703. The first-order valence-corrected chi connectivity index (χ1v) is 8.23. The van der Waals surface area contributed by atoms with Crippen LogP contribution >= 0.6 is 0 Å². The molecule has 1 aliphatic heterocycles. The minimum absolute atomic E-state index is 0.703. The summed E-state index contributed by atoms with van der Waals surface area (Å²) < 4.78 is 0. The molecule has 1 saturated heterocycles. The van der Waals surface area contributed by atoms with Gasteiger partial charge in [0.2, 0.25) is 0 Å². The van der Waals surface area contributed by atoms with Crippen LogP contribution < -0.4 is 10.6 Å². The van der Waals surface area contributed by atoms with Crippen LogP contribution in [0.5, 0.6) is 0 Å². The summed E-state index contributed by atoms with van der Waals surface area (Å²) in [6, 6.07) is 7.11. The number of hydrogen-bond acceptors (Lipinski definition) is 3.